The number of aliphatic hydroxyl groups excluding tert-OH is 2. The number of amidine groups is 1. The third kappa shape index (κ3) is 2.16. The topological polar surface area (TPSA) is 153 Å². The van der Waals surface area contributed by atoms with E-state index in [0.717, 1.165) is 0 Å². The van der Waals surface area contributed by atoms with Crippen molar-refractivity contribution in [2.75, 3.05) is 13.2 Å². The van der Waals surface area contributed by atoms with Crippen molar-refractivity contribution in [2.24, 2.45) is 21.4 Å². The summed E-state index contributed by atoms with van der Waals surface area (Å²) in [5, 5.41) is 40.2. The molecular formula is C16H21N5O5. The average molecular weight is 363 g/mol. The molecule has 1 saturated heterocycles. The molecule has 6 N–H and O–H groups in total. The Kier molecular flexibility index (Phi) is 3.70. The van der Waals surface area contributed by atoms with Crippen LogP contribution in [0.4, 0.5) is 0 Å². The van der Waals surface area contributed by atoms with Crippen LogP contribution in [0.25, 0.3) is 0 Å². The van der Waals surface area contributed by atoms with E-state index in [-0.39, 0.29) is 18.2 Å². The fourth-order valence-electron chi connectivity index (χ4n) is 4.01. The Morgan fingerprint density at radius 3 is 2.96 bits per heavy atom. The van der Waals surface area contributed by atoms with Crippen molar-refractivity contribution >= 4 is 17.3 Å². The maximum Gasteiger partial charge on any atom is 0.180 e. The molecule has 140 valence electrons. The van der Waals surface area contributed by atoms with Gasteiger partial charge < -0.3 is 25.8 Å². The summed E-state index contributed by atoms with van der Waals surface area (Å²) in [6.07, 6.45) is 3.38. The van der Waals surface area contributed by atoms with Gasteiger partial charge in [-0.15, -0.1) is 0 Å². The van der Waals surface area contributed by atoms with Crippen molar-refractivity contribution < 1.29 is 24.9 Å². The molecule has 1 spiro atoms. The van der Waals surface area contributed by atoms with Crippen molar-refractivity contribution in [3.05, 3.63) is 24.3 Å². The maximum atomic E-state index is 12.4. The molecule has 1 aliphatic carbocycles. The molecule has 1 fully saturated rings. The van der Waals surface area contributed by atoms with Crippen LogP contribution < -0.4 is 11.2 Å². The Morgan fingerprint density at radius 1 is 1.50 bits per heavy atom. The summed E-state index contributed by atoms with van der Waals surface area (Å²) in [6.45, 7) is 1.11. The minimum Gasteiger partial charge on any atom is -0.394 e. The first kappa shape index (κ1) is 17.2. The van der Waals surface area contributed by atoms with E-state index in [4.69, 9.17) is 10.5 Å². The second kappa shape index (κ2) is 5.61. The molecule has 4 aliphatic rings. The van der Waals surface area contributed by atoms with Crippen molar-refractivity contribution in [3.63, 3.8) is 0 Å². The first-order valence-electron chi connectivity index (χ1n) is 8.32. The van der Waals surface area contributed by atoms with Gasteiger partial charge in [-0.3, -0.25) is 15.2 Å². The lowest BCUT2D eigenvalue weighted by Gasteiger charge is -2.43. The molecule has 0 aromatic carbocycles. The monoisotopic (exact) mass is 363 g/mol. The van der Waals surface area contributed by atoms with Crippen LogP contribution in [0, 0.1) is 5.41 Å². The number of hydrazone groups is 2. The number of ketones is 1. The Hall–Kier alpha value is -2.27. The fourth-order valence-corrected chi connectivity index (χ4v) is 4.01. The van der Waals surface area contributed by atoms with Gasteiger partial charge in [-0.2, -0.15) is 10.2 Å². The van der Waals surface area contributed by atoms with Gasteiger partial charge in [0.1, 0.15) is 29.6 Å². The standard InChI is InChI=1S/C16H21N5O5/c1-15(25)12(24)9(6-22)26-14(15)21-7-16-5-3-2-4-8(23)10(16)18-19-11(16)13(17)20-21/h2-5,9-10,12,14,18,22,24-25H,6-7H2,1H3,(H2,17,20)/t9-,10?,12-,14-,15-,16?/m1/s1. The highest BCUT2D eigenvalue weighted by Gasteiger charge is 2.59. The summed E-state index contributed by atoms with van der Waals surface area (Å²) in [6, 6.07) is -0.658. The van der Waals surface area contributed by atoms with Crippen LogP contribution in [-0.2, 0) is 9.53 Å². The molecule has 26 heavy (non-hydrogen) atoms. The lowest BCUT2D eigenvalue weighted by molar-refractivity contribution is -0.142. The molecule has 10 nitrogen and oxygen atoms in total. The highest BCUT2D eigenvalue weighted by molar-refractivity contribution is 6.45. The van der Waals surface area contributed by atoms with Crippen molar-refractivity contribution in [2.45, 2.75) is 37.0 Å². The number of rotatable bonds is 2. The number of ether oxygens (including phenoxy) is 1. The van der Waals surface area contributed by atoms with Crippen LogP contribution in [0.15, 0.2) is 34.5 Å². The number of allylic oxidation sites excluding steroid dienone is 2. The van der Waals surface area contributed by atoms with Gasteiger partial charge in [0.05, 0.1) is 18.6 Å². The number of nitrogens with one attached hydrogen (secondary N) is 1. The van der Waals surface area contributed by atoms with Crippen LogP contribution in [-0.4, -0.2) is 80.9 Å². The third-order valence-electron chi connectivity index (χ3n) is 5.42. The van der Waals surface area contributed by atoms with Gasteiger partial charge in [0.25, 0.3) is 0 Å². The van der Waals surface area contributed by atoms with Gasteiger partial charge >= 0.3 is 0 Å². The molecule has 2 unspecified atom stereocenters. The molecule has 10 heteroatoms. The highest BCUT2D eigenvalue weighted by Crippen LogP contribution is 2.41. The molecule has 6 atom stereocenters. The molecule has 3 aliphatic heterocycles. The van der Waals surface area contributed by atoms with E-state index in [1.54, 1.807) is 12.2 Å². The van der Waals surface area contributed by atoms with Crippen LogP contribution in [0.1, 0.15) is 6.92 Å². The van der Waals surface area contributed by atoms with Gasteiger partial charge in [-0.05, 0) is 13.0 Å². The van der Waals surface area contributed by atoms with E-state index < -0.39 is 42.1 Å². The number of nitrogens with two attached hydrogens (primary N) is 1. The van der Waals surface area contributed by atoms with E-state index in [1.807, 2.05) is 6.08 Å². The first-order chi connectivity index (χ1) is 12.3. The minimum absolute atomic E-state index is 0.0898. The molecule has 0 aromatic heterocycles. The zero-order valence-electron chi connectivity index (χ0n) is 14.1. The minimum atomic E-state index is -1.69. The van der Waals surface area contributed by atoms with Crippen LogP contribution >= 0.6 is 0 Å². The van der Waals surface area contributed by atoms with E-state index >= 15 is 0 Å². The van der Waals surface area contributed by atoms with Crippen LogP contribution in [0.5, 0.6) is 0 Å². The number of hydrogen-bond donors (Lipinski definition) is 5. The molecule has 0 bridgehead atoms. The molecule has 4 rings (SSSR count). The lowest BCUT2D eigenvalue weighted by atomic mass is 9.74. The zero-order valence-corrected chi connectivity index (χ0v) is 14.1. The van der Waals surface area contributed by atoms with Crippen molar-refractivity contribution in [3.8, 4) is 0 Å². The number of carbonyl (C=O) groups is 1. The molecular weight excluding hydrogens is 342 g/mol. The second-order valence-corrected chi connectivity index (χ2v) is 7.15. The molecule has 3 heterocycles. The van der Waals surface area contributed by atoms with Gasteiger partial charge in [-0.25, -0.2) is 0 Å². The van der Waals surface area contributed by atoms with Crippen LogP contribution in [0.2, 0.25) is 0 Å². The predicted octanol–water partition coefficient (Wildman–Crippen LogP) is -2.59. The molecule has 0 aromatic rings. The number of carbonyl (C=O) groups excluding carboxylic acids is 1. The maximum absolute atomic E-state index is 12.4. The van der Waals surface area contributed by atoms with Crippen molar-refractivity contribution in [1.29, 1.82) is 0 Å². The summed E-state index contributed by atoms with van der Waals surface area (Å²) in [5.41, 5.74) is 6.79. The number of aliphatic hydroxyl groups is 3. The van der Waals surface area contributed by atoms with E-state index in [2.05, 4.69) is 15.6 Å². The quantitative estimate of drug-likeness (QED) is 0.358. The Balaban J connectivity index is 1.73. The van der Waals surface area contributed by atoms with E-state index in [0.29, 0.717) is 5.71 Å². The average Bonchev–Trinajstić information content (AvgIpc) is 3.03. The summed E-state index contributed by atoms with van der Waals surface area (Å²) in [4.78, 5) is 12.4. The number of nitrogens with zero attached hydrogens (tertiary/aromatic N) is 3. The van der Waals surface area contributed by atoms with Gasteiger partial charge in [-0.1, -0.05) is 18.2 Å². The number of hydrogen-bond acceptors (Lipinski definition) is 10. The van der Waals surface area contributed by atoms with Crippen molar-refractivity contribution in [1.82, 2.24) is 10.4 Å². The highest BCUT2D eigenvalue weighted by atomic mass is 16.6. The van der Waals surface area contributed by atoms with Gasteiger partial charge in [0.15, 0.2) is 17.8 Å². The summed E-state index contributed by atoms with van der Waals surface area (Å²) in [5.74, 6) is -0.0669. The van der Waals surface area contributed by atoms with Crippen LogP contribution in [0.3, 0.4) is 0 Å². The predicted molar refractivity (Wildman–Crippen MR) is 90.8 cm³/mol. The van der Waals surface area contributed by atoms with E-state index in [9.17, 15) is 20.1 Å². The molecule has 0 saturated carbocycles. The first-order valence-corrected chi connectivity index (χ1v) is 8.32. The summed E-state index contributed by atoms with van der Waals surface area (Å²) in [7, 11) is 0. The molecule has 0 radical (unpaired) electrons. The Bertz CT molecular complexity index is 760. The SMILES string of the molecule is C[C@@]1(O)[C@H](O)[C@@H](CO)O[C@H]1N1CC23C=CC=CC(=O)C2NN=C3C(N)=N1. The van der Waals surface area contributed by atoms with Gasteiger partial charge in [0, 0.05) is 0 Å². The fraction of sp³-hybridized carbons (Fsp3) is 0.562. The summed E-state index contributed by atoms with van der Waals surface area (Å²) >= 11 is 0. The normalized spacial score (nSPS) is 44.2. The Morgan fingerprint density at radius 2 is 2.27 bits per heavy atom. The smallest absolute Gasteiger partial charge is 0.180 e. The zero-order chi connectivity index (χ0) is 18.7. The second-order valence-electron chi connectivity index (χ2n) is 7.15. The largest absolute Gasteiger partial charge is 0.394 e. The van der Waals surface area contributed by atoms with Gasteiger partial charge in [0.2, 0.25) is 0 Å². The van der Waals surface area contributed by atoms with E-state index in [1.165, 1.54) is 18.0 Å². The Labute approximate surface area is 149 Å². The molecule has 0 amide bonds. The third-order valence-corrected chi connectivity index (χ3v) is 5.42. The summed E-state index contributed by atoms with van der Waals surface area (Å²) < 4.78 is 5.64. The lowest BCUT2D eigenvalue weighted by Crippen LogP contribution is -2.61.